The highest BCUT2D eigenvalue weighted by Gasteiger charge is 2.16. The van der Waals surface area contributed by atoms with Crippen LogP contribution in [0.25, 0.3) is 11.1 Å². The van der Waals surface area contributed by atoms with Gasteiger partial charge in [-0.3, -0.25) is 18.7 Å². The Bertz CT molecular complexity index is 1160. The first-order valence-electron chi connectivity index (χ1n) is 9.63. The molecule has 7 heteroatoms. The van der Waals surface area contributed by atoms with Crippen LogP contribution in [-0.2, 0) is 29.2 Å². The van der Waals surface area contributed by atoms with Crippen molar-refractivity contribution < 1.29 is 14.6 Å². The number of carbonyl (C=O) groups is 1. The molecule has 0 fully saturated rings. The van der Waals surface area contributed by atoms with Crippen molar-refractivity contribution in [1.82, 2.24) is 9.13 Å². The molecule has 3 aromatic rings. The van der Waals surface area contributed by atoms with Crippen LogP contribution >= 0.6 is 0 Å². The van der Waals surface area contributed by atoms with Crippen molar-refractivity contribution in [3.05, 3.63) is 92.3 Å². The molecule has 3 rings (SSSR count). The van der Waals surface area contributed by atoms with Gasteiger partial charge in [-0.25, -0.2) is 4.79 Å². The largest absolute Gasteiger partial charge is 0.480 e. The van der Waals surface area contributed by atoms with Crippen LogP contribution in [0.4, 0.5) is 0 Å². The quantitative estimate of drug-likeness (QED) is 0.579. The summed E-state index contributed by atoms with van der Waals surface area (Å²) < 4.78 is 7.72. The van der Waals surface area contributed by atoms with Gasteiger partial charge in [0.05, 0.1) is 25.3 Å². The highest BCUT2D eigenvalue weighted by atomic mass is 16.5. The summed E-state index contributed by atoms with van der Waals surface area (Å²) in [6, 6.07) is 15.1. The van der Waals surface area contributed by atoms with E-state index in [-0.39, 0.29) is 13.2 Å². The summed E-state index contributed by atoms with van der Waals surface area (Å²) in [5, 5.41) is 9.18. The maximum atomic E-state index is 13.1. The molecular weight excluding hydrogens is 384 g/mol. The van der Waals surface area contributed by atoms with E-state index in [2.05, 4.69) is 0 Å². The predicted octanol–water partition coefficient (Wildman–Crippen LogP) is 2.60. The molecule has 1 N–H and O–H groups in total. The topological polar surface area (TPSA) is 90.5 Å². The Hall–Kier alpha value is -3.45. The highest BCUT2D eigenvalue weighted by Crippen LogP contribution is 2.22. The standard InChI is InChI=1S/C23H24N2O5/c1-16-7-6-10-19(17(16)2)20-13-24(14-21(26)27)23(29)25(22(20)28)11-12-30-15-18-8-4-3-5-9-18/h3-10,13H,11-12,14-15H2,1-2H3,(H,26,27). The number of benzene rings is 2. The van der Waals surface area contributed by atoms with Crippen LogP contribution in [0.2, 0.25) is 0 Å². The molecule has 0 amide bonds. The zero-order valence-electron chi connectivity index (χ0n) is 17.0. The second kappa shape index (κ2) is 9.37. The molecule has 0 saturated carbocycles. The number of hydrogen-bond donors (Lipinski definition) is 1. The Morgan fingerprint density at radius 1 is 1.00 bits per heavy atom. The molecule has 0 unspecified atom stereocenters. The lowest BCUT2D eigenvalue weighted by Crippen LogP contribution is -2.42. The number of carboxylic acids is 1. The number of aromatic nitrogens is 2. The molecule has 156 valence electrons. The molecule has 7 nitrogen and oxygen atoms in total. The first-order valence-corrected chi connectivity index (χ1v) is 9.63. The molecule has 2 aromatic carbocycles. The monoisotopic (exact) mass is 408 g/mol. The minimum atomic E-state index is -1.16. The van der Waals surface area contributed by atoms with Gasteiger partial charge in [-0.05, 0) is 36.1 Å². The van der Waals surface area contributed by atoms with Crippen LogP contribution in [0.15, 0.2) is 64.3 Å². The smallest absolute Gasteiger partial charge is 0.331 e. The van der Waals surface area contributed by atoms with Crippen molar-refractivity contribution in [2.75, 3.05) is 6.61 Å². The van der Waals surface area contributed by atoms with Gasteiger partial charge in [0.25, 0.3) is 5.56 Å². The van der Waals surface area contributed by atoms with Crippen molar-refractivity contribution in [1.29, 1.82) is 0 Å². The Kier molecular flexibility index (Phi) is 6.64. The number of aryl methyl sites for hydroxylation is 1. The molecule has 0 saturated heterocycles. The fraction of sp³-hybridized carbons (Fsp3) is 0.261. The minimum Gasteiger partial charge on any atom is -0.480 e. The van der Waals surface area contributed by atoms with Crippen LogP contribution in [0.5, 0.6) is 0 Å². The number of ether oxygens (including phenoxy) is 1. The maximum absolute atomic E-state index is 13.1. The van der Waals surface area contributed by atoms with Gasteiger partial charge >= 0.3 is 11.7 Å². The van der Waals surface area contributed by atoms with Crippen LogP contribution in [0.1, 0.15) is 16.7 Å². The van der Waals surface area contributed by atoms with Crippen molar-refractivity contribution in [3.8, 4) is 11.1 Å². The fourth-order valence-electron chi connectivity index (χ4n) is 3.26. The second-order valence-electron chi connectivity index (χ2n) is 7.09. The summed E-state index contributed by atoms with van der Waals surface area (Å²) in [7, 11) is 0. The predicted molar refractivity (Wildman–Crippen MR) is 114 cm³/mol. The summed E-state index contributed by atoms with van der Waals surface area (Å²) in [5.41, 5.74) is 2.73. The molecule has 1 aromatic heterocycles. The molecule has 0 atom stereocenters. The third-order valence-corrected chi connectivity index (χ3v) is 5.01. The molecule has 0 aliphatic carbocycles. The summed E-state index contributed by atoms with van der Waals surface area (Å²) in [6.07, 6.45) is 1.34. The van der Waals surface area contributed by atoms with E-state index in [9.17, 15) is 19.5 Å². The van der Waals surface area contributed by atoms with Gasteiger partial charge in [-0.15, -0.1) is 0 Å². The Morgan fingerprint density at radius 2 is 1.73 bits per heavy atom. The minimum absolute atomic E-state index is 0.0306. The number of carboxylic acid groups (broad SMARTS) is 1. The van der Waals surface area contributed by atoms with Gasteiger partial charge in [-0.2, -0.15) is 0 Å². The maximum Gasteiger partial charge on any atom is 0.331 e. The number of rotatable bonds is 8. The number of hydrogen-bond acceptors (Lipinski definition) is 4. The molecule has 0 aliphatic rings. The fourth-order valence-corrected chi connectivity index (χ4v) is 3.26. The molecule has 0 bridgehead atoms. The van der Waals surface area contributed by atoms with Crippen LogP contribution in [0, 0.1) is 13.8 Å². The van der Waals surface area contributed by atoms with Gasteiger partial charge in [0.1, 0.15) is 6.54 Å². The van der Waals surface area contributed by atoms with Crippen LogP contribution in [0.3, 0.4) is 0 Å². The third-order valence-electron chi connectivity index (χ3n) is 5.01. The van der Waals surface area contributed by atoms with E-state index < -0.39 is 23.8 Å². The van der Waals surface area contributed by atoms with E-state index in [0.717, 1.165) is 25.8 Å². The van der Waals surface area contributed by atoms with Crippen LogP contribution < -0.4 is 11.2 Å². The zero-order valence-corrected chi connectivity index (χ0v) is 17.0. The first-order chi connectivity index (χ1) is 14.4. The molecule has 30 heavy (non-hydrogen) atoms. The third kappa shape index (κ3) is 4.75. The lowest BCUT2D eigenvalue weighted by atomic mass is 9.99. The lowest BCUT2D eigenvalue weighted by molar-refractivity contribution is -0.137. The summed E-state index contributed by atoms with van der Waals surface area (Å²) in [5.74, 6) is -1.16. The number of nitrogens with zero attached hydrogens (tertiary/aromatic N) is 2. The van der Waals surface area contributed by atoms with E-state index >= 15 is 0 Å². The van der Waals surface area contributed by atoms with Gasteiger partial charge in [-0.1, -0.05) is 48.5 Å². The van der Waals surface area contributed by atoms with E-state index in [1.807, 2.05) is 56.3 Å². The summed E-state index contributed by atoms with van der Waals surface area (Å²) >= 11 is 0. The van der Waals surface area contributed by atoms with E-state index in [4.69, 9.17) is 4.74 Å². The molecule has 0 radical (unpaired) electrons. The highest BCUT2D eigenvalue weighted by molar-refractivity contribution is 5.69. The normalized spacial score (nSPS) is 10.9. The summed E-state index contributed by atoms with van der Waals surface area (Å²) in [6.45, 7) is 3.83. The van der Waals surface area contributed by atoms with E-state index in [1.54, 1.807) is 6.07 Å². The van der Waals surface area contributed by atoms with Gasteiger partial charge in [0, 0.05) is 6.20 Å². The Labute approximate surface area is 173 Å². The van der Waals surface area contributed by atoms with Gasteiger partial charge in [0.2, 0.25) is 0 Å². The summed E-state index contributed by atoms with van der Waals surface area (Å²) in [4.78, 5) is 37.1. The van der Waals surface area contributed by atoms with E-state index in [1.165, 1.54) is 6.20 Å². The van der Waals surface area contributed by atoms with Crippen molar-refractivity contribution in [3.63, 3.8) is 0 Å². The second-order valence-corrected chi connectivity index (χ2v) is 7.09. The molecular formula is C23H24N2O5. The van der Waals surface area contributed by atoms with E-state index in [0.29, 0.717) is 17.7 Å². The van der Waals surface area contributed by atoms with Gasteiger partial charge in [0.15, 0.2) is 0 Å². The van der Waals surface area contributed by atoms with Gasteiger partial charge < -0.3 is 9.84 Å². The average molecular weight is 408 g/mol. The Balaban J connectivity index is 1.94. The van der Waals surface area contributed by atoms with Crippen LogP contribution in [-0.4, -0.2) is 26.8 Å². The number of aliphatic carboxylic acids is 1. The SMILES string of the molecule is Cc1cccc(-c2cn(CC(=O)O)c(=O)n(CCOCc3ccccc3)c2=O)c1C. The van der Waals surface area contributed by atoms with Crippen molar-refractivity contribution in [2.24, 2.45) is 0 Å². The zero-order chi connectivity index (χ0) is 21.7. The average Bonchev–Trinajstić information content (AvgIpc) is 2.72. The first kappa shape index (κ1) is 21.3. The van der Waals surface area contributed by atoms with Crippen molar-refractivity contribution in [2.45, 2.75) is 33.5 Å². The van der Waals surface area contributed by atoms with Crippen molar-refractivity contribution >= 4 is 5.97 Å². The lowest BCUT2D eigenvalue weighted by Gasteiger charge is -2.14. The molecule has 1 heterocycles. The molecule has 0 spiro atoms. The Morgan fingerprint density at radius 3 is 2.43 bits per heavy atom. The molecule has 0 aliphatic heterocycles.